The molecule has 0 saturated heterocycles. The normalized spacial score (nSPS) is 12.9. The van der Waals surface area contributed by atoms with Gasteiger partial charge in [0.15, 0.2) is 11.7 Å². The number of carbonyl (C=O) groups is 2. The summed E-state index contributed by atoms with van der Waals surface area (Å²) in [6, 6.07) is 0.628. The van der Waals surface area contributed by atoms with Crippen LogP contribution < -0.4 is 0 Å². The van der Waals surface area contributed by atoms with Crippen molar-refractivity contribution < 1.29 is 27.5 Å². The summed E-state index contributed by atoms with van der Waals surface area (Å²) >= 11 is 5.71. The minimum absolute atomic E-state index is 0.00119. The molecule has 0 spiro atoms. The molecule has 0 fully saturated rings. The van der Waals surface area contributed by atoms with Crippen LogP contribution in [0, 0.1) is 0 Å². The number of ether oxygens (including phenoxy) is 1. The van der Waals surface area contributed by atoms with Gasteiger partial charge in [-0.3, -0.25) is 14.6 Å². The molecular weight excluding hydrogens is 299 g/mol. The van der Waals surface area contributed by atoms with E-state index in [4.69, 9.17) is 11.6 Å². The smallest absolute Gasteiger partial charge is 0.417 e. The first kappa shape index (κ1) is 16.4. The minimum atomic E-state index is -4.61. The van der Waals surface area contributed by atoms with Crippen LogP contribution in [0.4, 0.5) is 13.2 Å². The average Bonchev–Trinajstić information content (AvgIpc) is 2.38. The van der Waals surface area contributed by atoms with Gasteiger partial charge in [-0.15, -0.1) is 0 Å². The maximum atomic E-state index is 12.5. The molecule has 0 aliphatic carbocycles. The van der Waals surface area contributed by atoms with Gasteiger partial charge in [0.1, 0.15) is 0 Å². The van der Waals surface area contributed by atoms with Crippen molar-refractivity contribution in [2.45, 2.75) is 25.4 Å². The topological polar surface area (TPSA) is 56.3 Å². The van der Waals surface area contributed by atoms with Crippen LogP contribution in [0.3, 0.4) is 0 Å². The number of halogens is 4. The van der Waals surface area contributed by atoms with Gasteiger partial charge in [-0.25, -0.2) is 0 Å². The lowest BCUT2D eigenvalue weighted by molar-refractivity contribution is -0.145. The zero-order valence-corrected chi connectivity index (χ0v) is 11.4. The van der Waals surface area contributed by atoms with Gasteiger partial charge < -0.3 is 4.74 Å². The van der Waals surface area contributed by atoms with Crippen molar-refractivity contribution in [1.29, 1.82) is 0 Å². The highest BCUT2D eigenvalue weighted by Crippen LogP contribution is 2.33. The lowest BCUT2D eigenvalue weighted by atomic mass is 9.97. The van der Waals surface area contributed by atoms with E-state index in [1.807, 2.05) is 0 Å². The maximum Gasteiger partial charge on any atom is 0.417 e. The Morgan fingerprint density at radius 2 is 2.05 bits per heavy atom. The maximum absolute atomic E-state index is 12.5. The number of aromatic nitrogens is 1. The first-order chi connectivity index (χ1) is 9.22. The first-order valence-electron chi connectivity index (χ1n) is 5.55. The Bertz CT molecular complexity index is 515. The fourth-order valence-electron chi connectivity index (χ4n) is 1.53. The van der Waals surface area contributed by atoms with Crippen molar-refractivity contribution in [3.63, 3.8) is 0 Å². The number of alkyl halides is 3. The Labute approximate surface area is 117 Å². The van der Waals surface area contributed by atoms with Crippen molar-refractivity contribution in [2.75, 3.05) is 7.11 Å². The SMILES string of the molecule is CCC(=O)C(C(=O)OC)c1ncc(C(F)(F)F)cc1Cl. The summed E-state index contributed by atoms with van der Waals surface area (Å²) in [6.07, 6.45) is -4.08. The third-order valence-corrected chi connectivity index (χ3v) is 2.88. The molecule has 1 heterocycles. The van der Waals surface area contributed by atoms with Crippen molar-refractivity contribution in [3.05, 3.63) is 28.5 Å². The molecule has 0 N–H and O–H groups in total. The molecule has 4 nitrogen and oxygen atoms in total. The standard InChI is InChI=1S/C12H11ClF3NO3/c1-3-8(18)9(11(19)20-2)10-7(13)4-6(5-17-10)12(14,15)16/h4-5,9H,3H2,1-2H3. The molecule has 0 aliphatic rings. The van der Waals surface area contributed by atoms with Gasteiger partial charge in [0, 0.05) is 12.6 Å². The van der Waals surface area contributed by atoms with Crippen LogP contribution in [0.25, 0.3) is 0 Å². The van der Waals surface area contributed by atoms with Crippen molar-refractivity contribution >= 4 is 23.4 Å². The van der Waals surface area contributed by atoms with E-state index >= 15 is 0 Å². The third kappa shape index (κ3) is 3.47. The summed E-state index contributed by atoms with van der Waals surface area (Å²) in [7, 11) is 1.07. The molecule has 1 atom stereocenters. The van der Waals surface area contributed by atoms with E-state index in [1.165, 1.54) is 6.92 Å². The van der Waals surface area contributed by atoms with E-state index < -0.39 is 34.4 Å². The predicted molar refractivity (Wildman–Crippen MR) is 64.3 cm³/mol. The van der Waals surface area contributed by atoms with Crippen LogP contribution in [0.1, 0.15) is 30.5 Å². The van der Waals surface area contributed by atoms with E-state index in [0.29, 0.717) is 12.3 Å². The molecule has 1 aromatic rings. The van der Waals surface area contributed by atoms with Crippen LogP contribution in [0.2, 0.25) is 5.02 Å². The quantitative estimate of drug-likeness (QED) is 0.634. The fraction of sp³-hybridized carbons (Fsp3) is 0.417. The summed E-state index contributed by atoms with van der Waals surface area (Å²) in [6.45, 7) is 1.51. The lowest BCUT2D eigenvalue weighted by Crippen LogP contribution is -2.24. The van der Waals surface area contributed by atoms with E-state index in [0.717, 1.165) is 7.11 Å². The zero-order valence-electron chi connectivity index (χ0n) is 10.6. The molecule has 0 saturated carbocycles. The second-order valence-corrected chi connectivity index (χ2v) is 4.27. The van der Waals surface area contributed by atoms with Crippen LogP contribution in [-0.2, 0) is 20.5 Å². The van der Waals surface area contributed by atoms with E-state index in [9.17, 15) is 22.8 Å². The lowest BCUT2D eigenvalue weighted by Gasteiger charge is -2.15. The van der Waals surface area contributed by atoms with Crippen LogP contribution in [-0.4, -0.2) is 23.8 Å². The van der Waals surface area contributed by atoms with E-state index in [-0.39, 0.29) is 12.1 Å². The molecule has 8 heteroatoms. The molecule has 0 amide bonds. The molecule has 1 rings (SSSR count). The predicted octanol–water partition coefficient (Wildman–Crippen LogP) is 2.99. The number of hydrogen-bond acceptors (Lipinski definition) is 4. The highest BCUT2D eigenvalue weighted by molar-refractivity contribution is 6.32. The molecular formula is C12H11ClF3NO3. The number of hydrogen-bond donors (Lipinski definition) is 0. The Morgan fingerprint density at radius 1 is 1.45 bits per heavy atom. The zero-order chi connectivity index (χ0) is 15.5. The molecule has 0 bridgehead atoms. The number of ketones is 1. The molecule has 0 aliphatic heterocycles. The van der Waals surface area contributed by atoms with E-state index in [2.05, 4.69) is 9.72 Å². The number of carbonyl (C=O) groups excluding carboxylic acids is 2. The molecule has 1 unspecified atom stereocenters. The number of esters is 1. The molecule has 1 aromatic heterocycles. The molecule has 0 aromatic carbocycles. The molecule has 20 heavy (non-hydrogen) atoms. The summed E-state index contributed by atoms with van der Waals surface area (Å²) < 4.78 is 41.9. The number of Topliss-reactive ketones (excluding diaryl/α,β-unsaturated/α-hetero) is 1. The monoisotopic (exact) mass is 309 g/mol. The van der Waals surface area contributed by atoms with Crippen molar-refractivity contribution in [3.8, 4) is 0 Å². The van der Waals surface area contributed by atoms with E-state index in [1.54, 1.807) is 0 Å². The second-order valence-electron chi connectivity index (χ2n) is 3.86. The summed E-state index contributed by atoms with van der Waals surface area (Å²) in [5.74, 6) is -2.86. The van der Waals surface area contributed by atoms with Crippen molar-refractivity contribution in [1.82, 2.24) is 4.98 Å². The van der Waals surface area contributed by atoms with Crippen LogP contribution >= 0.6 is 11.6 Å². The Balaban J connectivity index is 3.29. The minimum Gasteiger partial charge on any atom is -0.468 e. The largest absolute Gasteiger partial charge is 0.468 e. The number of rotatable bonds is 4. The van der Waals surface area contributed by atoms with Crippen molar-refractivity contribution in [2.24, 2.45) is 0 Å². The molecule has 0 radical (unpaired) electrons. The van der Waals surface area contributed by atoms with Gasteiger partial charge in [0.05, 0.1) is 23.4 Å². The van der Waals surface area contributed by atoms with Crippen LogP contribution in [0.5, 0.6) is 0 Å². The summed E-state index contributed by atoms with van der Waals surface area (Å²) in [5.41, 5.74) is -1.29. The van der Waals surface area contributed by atoms with Gasteiger partial charge >= 0.3 is 12.1 Å². The summed E-state index contributed by atoms with van der Waals surface area (Å²) in [5, 5.41) is -0.406. The Hall–Kier alpha value is -1.63. The number of nitrogens with zero attached hydrogens (tertiary/aromatic N) is 1. The number of pyridine rings is 1. The van der Waals surface area contributed by atoms with Gasteiger partial charge in [0.25, 0.3) is 0 Å². The highest BCUT2D eigenvalue weighted by Gasteiger charge is 2.35. The second kappa shape index (κ2) is 6.21. The van der Waals surface area contributed by atoms with Gasteiger partial charge in [0.2, 0.25) is 0 Å². The number of methoxy groups -OCH3 is 1. The Morgan fingerprint density at radius 3 is 2.45 bits per heavy atom. The van der Waals surface area contributed by atoms with Gasteiger partial charge in [-0.05, 0) is 6.07 Å². The summed E-state index contributed by atoms with van der Waals surface area (Å²) in [4.78, 5) is 26.8. The van der Waals surface area contributed by atoms with Gasteiger partial charge in [-0.1, -0.05) is 18.5 Å². The fourth-order valence-corrected chi connectivity index (χ4v) is 1.81. The molecule has 110 valence electrons. The average molecular weight is 310 g/mol. The first-order valence-corrected chi connectivity index (χ1v) is 5.93. The highest BCUT2D eigenvalue weighted by atomic mass is 35.5. The Kier molecular flexibility index (Phi) is 5.10. The van der Waals surface area contributed by atoms with Crippen LogP contribution in [0.15, 0.2) is 12.3 Å². The third-order valence-electron chi connectivity index (χ3n) is 2.58. The van der Waals surface area contributed by atoms with Gasteiger partial charge in [-0.2, -0.15) is 13.2 Å².